The van der Waals surface area contributed by atoms with Gasteiger partial charge in [-0.05, 0) is 61.4 Å². The average molecular weight is 399 g/mol. The lowest BCUT2D eigenvalue weighted by atomic mass is 10.1. The molecule has 0 unspecified atom stereocenters. The third-order valence-corrected chi connectivity index (χ3v) is 5.77. The lowest BCUT2D eigenvalue weighted by Crippen LogP contribution is -2.34. The molecular formula is C19H17N3O5S. The SMILES string of the molecule is C[C@@H]1Cc2cc(C(=O)Oc3ccc(-c4nnco4)cc3)ccc2N1S(C)(=O)=O. The summed E-state index contributed by atoms with van der Waals surface area (Å²) in [7, 11) is -3.37. The predicted molar refractivity (Wildman–Crippen MR) is 102 cm³/mol. The minimum absolute atomic E-state index is 0.187. The molecule has 1 atom stereocenters. The highest BCUT2D eigenvalue weighted by Gasteiger charge is 2.32. The second kappa shape index (κ2) is 6.75. The van der Waals surface area contributed by atoms with Crippen LogP contribution >= 0.6 is 0 Å². The molecule has 2 heterocycles. The standard InChI is InChI=1S/C19H17N3O5S/c1-12-9-15-10-14(5-8-17(15)22(12)28(2,24)25)19(23)27-16-6-3-13(4-7-16)18-21-20-11-26-18/h3-8,10-12H,9H2,1-2H3/t12-/m1/s1. The van der Waals surface area contributed by atoms with Crippen LogP contribution in [-0.4, -0.2) is 36.9 Å². The Labute approximate surface area is 161 Å². The van der Waals surface area contributed by atoms with Gasteiger partial charge < -0.3 is 9.15 Å². The van der Waals surface area contributed by atoms with Crippen molar-refractivity contribution >= 4 is 21.7 Å². The van der Waals surface area contributed by atoms with Gasteiger partial charge in [0.2, 0.25) is 22.3 Å². The molecule has 4 rings (SSSR count). The van der Waals surface area contributed by atoms with Crippen molar-refractivity contribution in [1.82, 2.24) is 10.2 Å². The Morgan fingerprint density at radius 1 is 1.21 bits per heavy atom. The molecule has 3 aromatic rings. The minimum Gasteiger partial charge on any atom is -0.423 e. The number of carbonyl (C=O) groups excluding carboxylic acids is 1. The van der Waals surface area contributed by atoms with E-state index in [-0.39, 0.29) is 6.04 Å². The number of aromatic nitrogens is 2. The van der Waals surface area contributed by atoms with E-state index in [0.717, 1.165) is 5.56 Å². The molecule has 0 spiro atoms. The Bertz CT molecular complexity index is 1120. The van der Waals surface area contributed by atoms with Crippen molar-refractivity contribution in [2.24, 2.45) is 0 Å². The van der Waals surface area contributed by atoms with Gasteiger partial charge in [-0.3, -0.25) is 4.31 Å². The fourth-order valence-corrected chi connectivity index (χ4v) is 4.63. The summed E-state index contributed by atoms with van der Waals surface area (Å²) in [6.45, 7) is 1.84. The molecule has 1 aliphatic rings. The van der Waals surface area contributed by atoms with Gasteiger partial charge in [0, 0.05) is 11.6 Å². The van der Waals surface area contributed by atoms with E-state index in [9.17, 15) is 13.2 Å². The highest BCUT2D eigenvalue weighted by molar-refractivity contribution is 7.92. The number of rotatable bonds is 4. The van der Waals surface area contributed by atoms with Crippen LogP contribution in [0.5, 0.6) is 5.75 Å². The number of ether oxygens (including phenoxy) is 1. The lowest BCUT2D eigenvalue weighted by Gasteiger charge is -2.21. The van der Waals surface area contributed by atoms with Gasteiger partial charge in [-0.25, -0.2) is 13.2 Å². The first-order valence-corrected chi connectivity index (χ1v) is 10.4. The first-order valence-electron chi connectivity index (χ1n) is 8.54. The molecule has 9 heteroatoms. The van der Waals surface area contributed by atoms with Crippen molar-refractivity contribution in [3.63, 3.8) is 0 Å². The molecule has 28 heavy (non-hydrogen) atoms. The zero-order valence-corrected chi connectivity index (χ0v) is 16.0. The molecule has 0 saturated heterocycles. The summed E-state index contributed by atoms with van der Waals surface area (Å²) in [6.07, 6.45) is 2.96. The van der Waals surface area contributed by atoms with Gasteiger partial charge in [0.25, 0.3) is 0 Å². The van der Waals surface area contributed by atoms with E-state index in [0.29, 0.717) is 34.9 Å². The largest absolute Gasteiger partial charge is 0.423 e. The molecule has 0 bridgehead atoms. The fraction of sp³-hybridized carbons (Fsp3) is 0.211. The lowest BCUT2D eigenvalue weighted by molar-refractivity contribution is 0.0734. The monoisotopic (exact) mass is 399 g/mol. The third kappa shape index (κ3) is 3.36. The van der Waals surface area contributed by atoms with Gasteiger partial charge in [-0.15, -0.1) is 10.2 Å². The van der Waals surface area contributed by atoms with E-state index in [1.54, 1.807) is 42.5 Å². The summed E-state index contributed by atoms with van der Waals surface area (Å²) in [4.78, 5) is 12.5. The van der Waals surface area contributed by atoms with Crippen LogP contribution in [-0.2, 0) is 16.4 Å². The highest BCUT2D eigenvalue weighted by atomic mass is 32.2. The number of esters is 1. The molecule has 0 aliphatic carbocycles. The fourth-order valence-electron chi connectivity index (χ4n) is 3.37. The van der Waals surface area contributed by atoms with E-state index in [4.69, 9.17) is 9.15 Å². The molecular weight excluding hydrogens is 382 g/mol. The second-order valence-electron chi connectivity index (χ2n) is 6.61. The summed E-state index contributed by atoms with van der Waals surface area (Å²) >= 11 is 0. The average Bonchev–Trinajstić information content (AvgIpc) is 3.27. The maximum absolute atomic E-state index is 12.5. The molecule has 0 N–H and O–H groups in total. The maximum atomic E-state index is 12.5. The van der Waals surface area contributed by atoms with Gasteiger partial charge in [-0.2, -0.15) is 0 Å². The van der Waals surface area contributed by atoms with Gasteiger partial charge >= 0.3 is 5.97 Å². The van der Waals surface area contributed by atoms with Crippen LogP contribution in [0.25, 0.3) is 11.5 Å². The van der Waals surface area contributed by atoms with Crippen LogP contribution in [0.15, 0.2) is 53.3 Å². The summed E-state index contributed by atoms with van der Waals surface area (Å²) in [6, 6.07) is 11.4. The summed E-state index contributed by atoms with van der Waals surface area (Å²) in [5.41, 5.74) is 2.49. The van der Waals surface area contributed by atoms with Crippen molar-refractivity contribution in [1.29, 1.82) is 0 Å². The highest BCUT2D eigenvalue weighted by Crippen LogP contribution is 2.35. The quantitative estimate of drug-likeness (QED) is 0.491. The Morgan fingerprint density at radius 3 is 2.61 bits per heavy atom. The number of hydrogen-bond donors (Lipinski definition) is 0. The normalized spacial score (nSPS) is 16.1. The molecule has 0 radical (unpaired) electrons. The molecule has 8 nitrogen and oxygen atoms in total. The van der Waals surface area contributed by atoms with Crippen LogP contribution in [0.4, 0.5) is 5.69 Å². The number of fused-ring (bicyclic) bond motifs is 1. The summed E-state index contributed by atoms with van der Waals surface area (Å²) in [5, 5.41) is 7.44. The Hall–Kier alpha value is -3.20. The van der Waals surface area contributed by atoms with Crippen LogP contribution in [0.1, 0.15) is 22.8 Å². The Balaban J connectivity index is 1.53. The van der Waals surface area contributed by atoms with Crippen molar-refractivity contribution in [2.75, 3.05) is 10.6 Å². The summed E-state index contributed by atoms with van der Waals surface area (Å²) < 4.78 is 35.9. The van der Waals surface area contributed by atoms with E-state index in [1.807, 2.05) is 6.92 Å². The number of sulfonamides is 1. The number of hydrogen-bond acceptors (Lipinski definition) is 7. The molecule has 0 saturated carbocycles. The maximum Gasteiger partial charge on any atom is 0.343 e. The van der Waals surface area contributed by atoms with Crippen molar-refractivity contribution in [3.8, 4) is 17.2 Å². The van der Waals surface area contributed by atoms with Crippen LogP contribution in [0, 0.1) is 0 Å². The van der Waals surface area contributed by atoms with Crippen molar-refractivity contribution in [3.05, 3.63) is 60.0 Å². The molecule has 0 fully saturated rings. The Morgan fingerprint density at radius 2 is 1.96 bits per heavy atom. The molecule has 1 aliphatic heterocycles. The molecule has 144 valence electrons. The number of anilines is 1. The van der Waals surface area contributed by atoms with Crippen LogP contribution < -0.4 is 9.04 Å². The first-order chi connectivity index (χ1) is 13.3. The smallest absolute Gasteiger partial charge is 0.343 e. The van der Waals surface area contributed by atoms with Crippen LogP contribution in [0.2, 0.25) is 0 Å². The number of nitrogens with zero attached hydrogens (tertiary/aromatic N) is 3. The van der Waals surface area contributed by atoms with Crippen molar-refractivity contribution < 1.29 is 22.4 Å². The molecule has 2 aromatic carbocycles. The van der Waals surface area contributed by atoms with Crippen LogP contribution in [0.3, 0.4) is 0 Å². The topological polar surface area (TPSA) is 103 Å². The van der Waals surface area contributed by atoms with E-state index in [1.165, 1.54) is 17.0 Å². The van der Waals surface area contributed by atoms with Gasteiger partial charge in [0.15, 0.2) is 0 Å². The van der Waals surface area contributed by atoms with E-state index in [2.05, 4.69) is 10.2 Å². The first kappa shape index (κ1) is 18.2. The summed E-state index contributed by atoms with van der Waals surface area (Å²) in [5.74, 6) is 0.236. The zero-order chi connectivity index (χ0) is 19.9. The number of benzene rings is 2. The third-order valence-electron chi connectivity index (χ3n) is 4.50. The minimum atomic E-state index is -3.37. The van der Waals surface area contributed by atoms with Gasteiger partial charge in [0.1, 0.15) is 5.75 Å². The van der Waals surface area contributed by atoms with Crippen molar-refractivity contribution in [2.45, 2.75) is 19.4 Å². The van der Waals surface area contributed by atoms with E-state index >= 15 is 0 Å². The molecule has 0 amide bonds. The Kier molecular flexibility index (Phi) is 4.38. The van der Waals surface area contributed by atoms with Gasteiger partial charge in [0.05, 0.1) is 17.5 Å². The predicted octanol–water partition coefficient (Wildman–Crippen LogP) is 2.67. The zero-order valence-electron chi connectivity index (χ0n) is 15.2. The number of carbonyl (C=O) groups is 1. The molecule has 1 aromatic heterocycles. The second-order valence-corrected chi connectivity index (χ2v) is 8.47. The van der Waals surface area contributed by atoms with E-state index < -0.39 is 16.0 Å². The van der Waals surface area contributed by atoms with Gasteiger partial charge in [-0.1, -0.05) is 0 Å².